The van der Waals surface area contributed by atoms with Crippen molar-refractivity contribution in [3.63, 3.8) is 0 Å². The van der Waals surface area contributed by atoms with E-state index in [-0.39, 0.29) is 17.6 Å². The molecule has 0 spiro atoms. The molecule has 2 atom stereocenters. The minimum absolute atomic E-state index is 0.0260. The highest BCUT2D eigenvalue weighted by atomic mass is 15.3. The average Bonchev–Trinajstić information content (AvgIpc) is 3.71. The molecule has 250 valence electrons. The Morgan fingerprint density at radius 1 is 0.596 bits per heavy atom. The molecule has 1 aliphatic carbocycles. The summed E-state index contributed by atoms with van der Waals surface area (Å²) >= 11 is 0. The molecule has 2 N–H and O–H groups in total. The van der Waals surface area contributed by atoms with Crippen LogP contribution >= 0.6 is 0 Å². The molecule has 2 unspecified atom stereocenters. The minimum Gasteiger partial charge on any atom is -0.379 e. The molecule has 3 heterocycles. The van der Waals surface area contributed by atoms with Crippen molar-refractivity contribution in [2.45, 2.75) is 31.5 Å². The van der Waals surface area contributed by atoms with E-state index in [1.807, 2.05) is 18.5 Å². The number of nitrogens with zero attached hydrogens (tertiary/aromatic N) is 2. The van der Waals surface area contributed by atoms with Crippen molar-refractivity contribution in [3.05, 3.63) is 204 Å². The van der Waals surface area contributed by atoms with Crippen LogP contribution in [-0.4, -0.2) is 4.98 Å². The minimum atomic E-state index is -0.149. The molecule has 7 aromatic rings. The van der Waals surface area contributed by atoms with E-state index in [1.54, 1.807) is 0 Å². The second-order valence-electron chi connectivity index (χ2n) is 14.6. The molecular formula is C48H38N4. The normalized spacial score (nSPS) is 18.1. The standard InChI is InChI=1S/C48H38N4/c1-48(2)42-17-9-8-16-40(42)41-29-33(20-21-43(41)48)36-26-37(35-13-10-23-49-30-35)28-38(27-36)47-51-46-44(52(47)39-14-4-3-5-15-39)22-24-50-45(46)34-19-18-31-11-6-7-12-32(31)25-34/h3-30,45,47,50-51H,1-2H3. The van der Waals surface area contributed by atoms with E-state index in [1.165, 1.54) is 55.3 Å². The Bertz CT molecular complexity index is 2570. The first-order chi connectivity index (χ1) is 25.5. The highest BCUT2D eigenvalue weighted by molar-refractivity contribution is 5.86. The molecule has 0 saturated heterocycles. The number of benzene rings is 6. The molecule has 0 amide bonds. The van der Waals surface area contributed by atoms with Crippen molar-refractivity contribution < 1.29 is 0 Å². The first-order valence-corrected chi connectivity index (χ1v) is 18.1. The molecule has 0 saturated carbocycles. The number of anilines is 1. The SMILES string of the molecule is CC1(C)c2ccccc2-c2cc(-c3cc(-c4cccnc4)cc(C4NC5=C(C=CNC5c5ccc6ccccc6c5)N4c4ccccc4)c3)ccc21. The number of rotatable bonds is 5. The fourth-order valence-corrected chi connectivity index (χ4v) is 8.60. The third-order valence-electron chi connectivity index (χ3n) is 11.2. The number of hydrogen-bond donors (Lipinski definition) is 2. The van der Waals surface area contributed by atoms with Crippen LogP contribution in [0.5, 0.6) is 0 Å². The van der Waals surface area contributed by atoms with Crippen LogP contribution < -0.4 is 15.5 Å². The zero-order chi connectivity index (χ0) is 34.8. The van der Waals surface area contributed by atoms with Gasteiger partial charge in [0.05, 0.1) is 17.4 Å². The van der Waals surface area contributed by atoms with E-state index in [0.29, 0.717) is 0 Å². The number of aromatic nitrogens is 1. The highest BCUT2D eigenvalue weighted by Gasteiger charge is 2.38. The predicted molar refractivity (Wildman–Crippen MR) is 213 cm³/mol. The largest absolute Gasteiger partial charge is 0.379 e. The van der Waals surface area contributed by atoms with E-state index < -0.39 is 0 Å². The van der Waals surface area contributed by atoms with Crippen LogP contribution in [-0.2, 0) is 5.41 Å². The molecular weight excluding hydrogens is 633 g/mol. The van der Waals surface area contributed by atoms with E-state index in [0.717, 1.165) is 28.2 Å². The van der Waals surface area contributed by atoms with Crippen LogP contribution in [0.2, 0.25) is 0 Å². The fourth-order valence-electron chi connectivity index (χ4n) is 8.60. The van der Waals surface area contributed by atoms with Gasteiger partial charge in [-0.2, -0.15) is 0 Å². The average molecular weight is 671 g/mol. The molecule has 4 heteroatoms. The van der Waals surface area contributed by atoms with Gasteiger partial charge in [0.15, 0.2) is 0 Å². The summed E-state index contributed by atoms with van der Waals surface area (Å²) in [7, 11) is 0. The summed E-state index contributed by atoms with van der Waals surface area (Å²) in [5, 5.41) is 10.2. The van der Waals surface area contributed by atoms with Crippen LogP contribution in [0.25, 0.3) is 44.2 Å². The Balaban J connectivity index is 1.13. The monoisotopic (exact) mass is 670 g/mol. The molecule has 10 rings (SSSR count). The van der Waals surface area contributed by atoms with Crippen LogP contribution in [0.1, 0.15) is 48.3 Å². The smallest absolute Gasteiger partial charge is 0.130 e. The van der Waals surface area contributed by atoms with Gasteiger partial charge >= 0.3 is 0 Å². The van der Waals surface area contributed by atoms with E-state index in [4.69, 9.17) is 0 Å². The van der Waals surface area contributed by atoms with Crippen LogP contribution in [0.15, 0.2) is 182 Å². The van der Waals surface area contributed by atoms with Gasteiger partial charge in [0.2, 0.25) is 0 Å². The Hall–Kier alpha value is -6.39. The van der Waals surface area contributed by atoms with Crippen molar-refractivity contribution >= 4 is 16.5 Å². The van der Waals surface area contributed by atoms with Gasteiger partial charge in [-0.25, -0.2) is 0 Å². The van der Waals surface area contributed by atoms with Gasteiger partial charge in [-0.15, -0.1) is 0 Å². The number of pyridine rings is 1. The third-order valence-corrected chi connectivity index (χ3v) is 11.2. The van der Waals surface area contributed by atoms with Crippen molar-refractivity contribution in [3.8, 4) is 33.4 Å². The van der Waals surface area contributed by atoms with E-state index in [9.17, 15) is 0 Å². The quantitative estimate of drug-likeness (QED) is 0.191. The summed E-state index contributed by atoms with van der Waals surface area (Å²) in [5.74, 6) is 0. The van der Waals surface area contributed by atoms with Gasteiger partial charge in [-0.1, -0.05) is 111 Å². The molecule has 6 aromatic carbocycles. The van der Waals surface area contributed by atoms with Crippen molar-refractivity contribution in [1.29, 1.82) is 0 Å². The lowest BCUT2D eigenvalue weighted by molar-refractivity contribution is 0.590. The summed E-state index contributed by atoms with van der Waals surface area (Å²) in [6.45, 7) is 4.68. The molecule has 0 radical (unpaired) electrons. The molecule has 0 bridgehead atoms. The number of dihydropyridines is 1. The van der Waals surface area contributed by atoms with Gasteiger partial charge in [-0.3, -0.25) is 4.98 Å². The zero-order valence-electron chi connectivity index (χ0n) is 29.2. The van der Waals surface area contributed by atoms with Crippen LogP contribution in [0.4, 0.5) is 5.69 Å². The molecule has 52 heavy (non-hydrogen) atoms. The number of nitrogens with one attached hydrogen (secondary N) is 2. The van der Waals surface area contributed by atoms with E-state index >= 15 is 0 Å². The maximum absolute atomic E-state index is 4.51. The van der Waals surface area contributed by atoms with Gasteiger partial charge in [0.25, 0.3) is 0 Å². The lowest BCUT2D eigenvalue weighted by atomic mass is 9.82. The molecule has 1 aromatic heterocycles. The Kier molecular flexibility index (Phi) is 6.94. The highest BCUT2D eigenvalue weighted by Crippen LogP contribution is 2.50. The summed E-state index contributed by atoms with van der Waals surface area (Å²) in [6.07, 6.45) is 7.96. The number of para-hydroxylation sites is 1. The lowest BCUT2D eigenvalue weighted by Gasteiger charge is -2.29. The second kappa shape index (κ2) is 11.9. The fraction of sp³-hybridized carbons (Fsp3) is 0.104. The van der Waals surface area contributed by atoms with E-state index in [2.05, 4.69) is 186 Å². The predicted octanol–water partition coefficient (Wildman–Crippen LogP) is 11.1. The Morgan fingerprint density at radius 3 is 2.21 bits per heavy atom. The molecule has 0 fully saturated rings. The Labute approximate surface area is 304 Å². The first kappa shape index (κ1) is 30.4. The van der Waals surface area contributed by atoms with Crippen molar-refractivity contribution in [1.82, 2.24) is 15.6 Å². The van der Waals surface area contributed by atoms with Crippen molar-refractivity contribution in [2.75, 3.05) is 4.90 Å². The van der Waals surface area contributed by atoms with Gasteiger partial charge in [0.1, 0.15) is 6.17 Å². The molecule has 3 aliphatic rings. The number of hydrogen-bond acceptors (Lipinski definition) is 4. The number of allylic oxidation sites excluding steroid dienone is 1. The second-order valence-corrected chi connectivity index (χ2v) is 14.6. The summed E-state index contributed by atoms with van der Waals surface area (Å²) in [5.41, 5.74) is 15.9. The third kappa shape index (κ3) is 4.86. The molecule has 2 aliphatic heterocycles. The summed E-state index contributed by atoms with van der Waals surface area (Å²) in [4.78, 5) is 6.97. The maximum Gasteiger partial charge on any atom is 0.130 e. The summed E-state index contributed by atoms with van der Waals surface area (Å²) < 4.78 is 0. The van der Waals surface area contributed by atoms with Gasteiger partial charge in [-0.05, 0) is 122 Å². The lowest BCUT2D eigenvalue weighted by Crippen LogP contribution is -2.30. The van der Waals surface area contributed by atoms with Crippen molar-refractivity contribution in [2.24, 2.45) is 0 Å². The number of fused-ring (bicyclic) bond motifs is 4. The van der Waals surface area contributed by atoms with Gasteiger partial charge < -0.3 is 15.5 Å². The van der Waals surface area contributed by atoms with Crippen LogP contribution in [0.3, 0.4) is 0 Å². The topological polar surface area (TPSA) is 40.2 Å². The maximum atomic E-state index is 4.51. The summed E-state index contributed by atoms with van der Waals surface area (Å²) in [6, 6.07) is 53.2. The van der Waals surface area contributed by atoms with Gasteiger partial charge in [0, 0.05) is 29.1 Å². The zero-order valence-corrected chi connectivity index (χ0v) is 29.2. The first-order valence-electron chi connectivity index (χ1n) is 18.1. The molecule has 4 nitrogen and oxygen atoms in total. The Morgan fingerprint density at radius 2 is 1.37 bits per heavy atom. The van der Waals surface area contributed by atoms with Crippen LogP contribution in [0, 0.1) is 0 Å².